The van der Waals surface area contributed by atoms with Crippen molar-refractivity contribution in [2.24, 2.45) is 11.7 Å². The molecule has 1 unspecified atom stereocenters. The van der Waals surface area contributed by atoms with Crippen LogP contribution in [-0.4, -0.2) is 19.0 Å². The minimum Gasteiger partial charge on any atom is -0.369 e. The van der Waals surface area contributed by atoms with Gasteiger partial charge in [0.1, 0.15) is 12.4 Å². The van der Waals surface area contributed by atoms with E-state index in [9.17, 15) is 9.18 Å². The Morgan fingerprint density at radius 3 is 3.06 bits per heavy atom. The Bertz CT molecular complexity index is 408. The molecule has 2 atom stereocenters. The highest BCUT2D eigenvalue weighted by atomic mass is 19.1. The number of benzene rings is 1. The van der Waals surface area contributed by atoms with Crippen LogP contribution in [0.3, 0.4) is 0 Å². The molecule has 0 aliphatic carbocycles. The van der Waals surface area contributed by atoms with E-state index in [1.165, 1.54) is 11.0 Å². The van der Waals surface area contributed by atoms with Crippen molar-refractivity contribution in [3.8, 4) is 0 Å². The van der Waals surface area contributed by atoms with Crippen molar-refractivity contribution in [1.82, 2.24) is 0 Å². The first kappa shape index (κ1) is 12.0. The Morgan fingerprint density at radius 2 is 2.35 bits per heavy atom. The molecule has 0 aromatic heterocycles. The highest BCUT2D eigenvalue weighted by molar-refractivity contribution is 5.76. The standard InChI is InChI=1S/C13H17FN2O/c14-12-5-1-3-10(7-12)8-16-6-2-4-11(9-16)13(15)17/h1,3,5,7,11H,2,4,6,8-9H2,(H2,15,17)/p+1/t11-/m0/s1. The van der Waals surface area contributed by atoms with Crippen LogP contribution in [0.5, 0.6) is 0 Å². The molecule has 2 rings (SSSR count). The van der Waals surface area contributed by atoms with Crippen molar-refractivity contribution >= 4 is 5.91 Å². The number of hydrogen-bond acceptors (Lipinski definition) is 1. The first-order valence-corrected chi connectivity index (χ1v) is 6.02. The topological polar surface area (TPSA) is 47.5 Å². The van der Waals surface area contributed by atoms with Crippen LogP contribution in [0.15, 0.2) is 24.3 Å². The van der Waals surface area contributed by atoms with Gasteiger partial charge < -0.3 is 10.6 Å². The average Bonchev–Trinajstić information content (AvgIpc) is 2.29. The predicted octanol–water partition coefficient (Wildman–Crippen LogP) is 0.106. The number of carbonyl (C=O) groups is 1. The highest BCUT2D eigenvalue weighted by Gasteiger charge is 2.26. The first-order valence-electron chi connectivity index (χ1n) is 6.02. The zero-order chi connectivity index (χ0) is 12.3. The quantitative estimate of drug-likeness (QED) is 0.770. The zero-order valence-electron chi connectivity index (χ0n) is 9.79. The van der Waals surface area contributed by atoms with Crippen LogP contribution in [0.1, 0.15) is 18.4 Å². The summed E-state index contributed by atoms with van der Waals surface area (Å²) in [5.74, 6) is -0.431. The molecule has 3 nitrogen and oxygen atoms in total. The van der Waals surface area contributed by atoms with E-state index in [0.717, 1.165) is 38.0 Å². The number of halogens is 1. The fourth-order valence-electron chi connectivity index (χ4n) is 2.49. The average molecular weight is 237 g/mol. The molecule has 92 valence electrons. The number of hydrogen-bond donors (Lipinski definition) is 2. The molecule has 1 aliphatic rings. The Kier molecular flexibility index (Phi) is 3.74. The molecular weight excluding hydrogens is 219 g/mol. The molecule has 1 aliphatic heterocycles. The molecule has 0 saturated carbocycles. The van der Waals surface area contributed by atoms with Gasteiger partial charge in [0.25, 0.3) is 0 Å². The molecule has 4 heteroatoms. The van der Waals surface area contributed by atoms with Crippen LogP contribution in [0.4, 0.5) is 4.39 Å². The van der Waals surface area contributed by atoms with E-state index in [4.69, 9.17) is 5.73 Å². The van der Waals surface area contributed by atoms with E-state index >= 15 is 0 Å². The molecule has 1 aromatic carbocycles. The Balaban J connectivity index is 1.97. The van der Waals surface area contributed by atoms with Gasteiger partial charge in [0.15, 0.2) is 0 Å². The summed E-state index contributed by atoms with van der Waals surface area (Å²) in [6.45, 7) is 2.56. The van der Waals surface area contributed by atoms with Crippen molar-refractivity contribution < 1.29 is 14.1 Å². The summed E-state index contributed by atoms with van der Waals surface area (Å²) in [6, 6.07) is 6.64. The van der Waals surface area contributed by atoms with E-state index in [1.807, 2.05) is 6.07 Å². The normalized spacial score (nSPS) is 24.5. The summed E-state index contributed by atoms with van der Waals surface area (Å²) >= 11 is 0. The fourth-order valence-corrected chi connectivity index (χ4v) is 2.49. The lowest BCUT2D eigenvalue weighted by Gasteiger charge is -2.28. The summed E-state index contributed by atoms with van der Waals surface area (Å²) < 4.78 is 13.0. The van der Waals surface area contributed by atoms with Crippen LogP contribution in [0.2, 0.25) is 0 Å². The van der Waals surface area contributed by atoms with Crippen LogP contribution in [-0.2, 0) is 11.3 Å². The zero-order valence-corrected chi connectivity index (χ0v) is 9.79. The van der Waals surface area contributed by atoms with Gasteiger partial charge in [-0.1, -0.05) is 12.1 Å². The molecule has 1 aromatic rings. The van der Waals surface area contributed by atoms with Gasteiger partial charge in [-0.15, -0.1) is 0 Å². The van der Waals surface area contributed by atoms with Gasteiger partial charge in [-0.05, 0) is 25.0 Å². The molecule has 3 N–H and O–H groups in total. The molecular formula is C13H18FN2O+. The molecule has 1 amide bonds. The highest BCUT2D eigenvalue weighted by Crippen LogP contribution is 2.07. The number of carbonyl (C=O) groups excluding carboxylic acids is 1. The van der Waals surface area contributed by atoms with Crippen molar-refractivity contribution in [3.05, 3.63) is 35.6 Å². The summed E-state index contributed by atoms with van der Waals surface area (Å²) in [5.41, 5.74) is 6.31. The Hall–Kier alpha value is -1.42. The first-order chi connectivity index (χ1) is 8.15. The maximum Gasteiger partial charge on any atom is 0.226 e. The second kappa shape index (κ2) is 5.27. The number of primary amides is 1. The smallest absolute Gasteiger partial charge is 0.226 e. The Morgan fingerprint density at radius 1 is 1.53 bits per heavy atom. The van der Waals surface area contributed by atoms with E-state index in [0.29, 0.717) is 0 Å². The van der Waals surface area contributed by atoms with Crippen molar-refractivity contribution in [1.29, 1.82) is 0 Å². The Labute approximate surface area is 100 Å². The number of quaternary nitrogens is 1. The summed E-state index contributed by atoms with van der Waals surface area (Å²) in [4.78, 5) is 12.5. The predicted molar refractivity (Wildman–Crippen MR) is 62.7 cm³/mol. The third-order valence-corrected chi connectivity index (χ3v) is 3.36. The van der Waals surface area contributed by atoms with Crippen molar-refractivity contribution in [3.63, 3.8) is 0 Å². The number of likely N-dealkylation sites (tertiary alicyclic amines) is 1. The van der Waals surface area contributed by atoms with Gasteiger partial charge in [-0.25, -0.2) is 4.39 Å². The van der Waals surface area contributed by atoms with E-state index in [1.54, 1.807) is 12.1 Å². The largest absolute Gasteiger partial charge is 0.369 e. The lowest BCUT2D eigenvalue weighted by molar-refractivity contribution is -0.921. The second-order valence-electron chi connectivity index (χ2n) is 4.75. The lowest BCUT2D eigenvalue weighted by Crippen LogP contribution is -3.12. The third kappa shape index (κ3) is 3.27. The second-order valence-corrected chi connectivity index (χ2v) is 4.75. The molecule has 0 radical (unpaired) electrons. The van der Waals surface area contributed by atoms with Gasteiger partial charge in [-0.2, -0.15) is 0 Å². The molecule has 0 bridgehead atoms. The summed E-state index contributed by atoms with van der Waals surface area (Å²) in [7, 11) is 0. The van der Waals surface area contributed by atoms with Gasteiger partial charge in [0, 0.05) is 5.56 Å². The van der Waals surface area contributed by atoms with Crippen LogP contribution >= 0.6 is 0 Å². The monoisotopic (exact) mass is 237 g/mol. The third-order valence-electron chi connectivity index (χ3n) is 3.36. The van der Waals surface area contributed by atoms with Crippen LogP contribution in [0, 0.1) is 11.7 Å². The maximum absolute atomic E-state index is 13.0. The van der Waals surface area contributed by atoms with Crippen molar-refractivity contribution in [2.75, 3.05) is 13.1 Å². The molecule has 17 heavy (non-hydrogen) atoms. The van der Waals surface area contributed by atoms with E-state index < -0.39 is 0 Å². The molecule has 1 fully saturated rings. The fraction of sp³-hybridized carbons (Fsp3) is 0.462. The molecule has 1 saturated heterocycles. The van der Waals surface area contributed by atoms with E-state index in [2.05, 4.69) is 0 Å². The lowest BCUT2D eigenvalue weighted by atomic mass is 9.97. The van der Waals surface area contributed by atoms with Crippen LogP contribution in [0.25, 0.3) is 0 Å². The van der Waals surface area contributed by atoms with Crippen LogP contribution < -0.4 is 10.6 Å². The number of rotatable bonds is 3. The minimum absolute atomic E-state index is 0.0210. The SMILES string of the molecule is NC(=O)[C@H]1CCC[NH+](Cc2cccc(F)c2)C1. The van der Waals surface area contributed by atoms with Crippen molar-refractivity contribution in [2.45, 2.75) is 19.4 Å². The molecule has 0 spiro atoms. The van der Waals surface area contributed by atoms with Gasteiger partial charge in [0.05, 0.1) is 19.0 Å². The number of amides is 1. The number of piperidine rings is 1. The molecule has 1 heterocycles. The van der Waals surface area contributed by atoms with Gasteiger partial charge >= 0.3 is 0 Å². The number of nitrogens with two attached hydrogens (primary N) is 1. The van der Waals surface area contributed by atoms with Gasteiger partial charge in [0.2, 0.25) is 5.91 Å². The minimum atomic E-state index is -0.207. The van der Waals surface area contributed by atoms with E-state index in [-0.39, 0.29) is 17.6 Å². The summed E-state index contributed by atoms with van der Waals surface area (Å²) in [6.07, 6.45) is 1.90. The summed E-state index contributed by atoms with van der Waals surface area (Å²) in [5, 5.41) is 0. The maximum atomic E-state index is 13.0. The number of nitrogens with one attached hydrogen (secondary N) is 1. The van der Waals surface area contributed by atoms with Gasteiger partial charge in [-0.3, -0.25) is 4.79 Å².